The Hall–Kier alpha value is -3.23. The van der Waals surface area contributed by atoms with Gasteiger partial charge in [-0.05, 0) is 18.1 Å². The molecule has 1 aliphatic rings. The highest BCUT2D eigenvalue weighted by atomic mass is 16.6. The molecule has 25 heavy (non-hydrogen) atoms. The lowest BCUT2D eigenvalue weighted by Gasteiger charge is -2.34. The third-order valence-corrected chi connectivity index (χ3v) is 4.37. The molecule has 1 atom stereocenters. The number of nitrogens with zero attached hydrogens (tertiary/aromatic N) is 4. The molecule has 0 spiro atoms. The quantitative estimate of drug-likeness (QED) is 0.662. The predicted octanol–water partition coefficient (Wildman–Crippen LogP) is 1.29. The lowest BCUT2D eigenvalue weighted by atomic mass is 9.93. The van der Waals surface area contributed by atoms with Crippen LogP contribution < -0.4 is 0 Å². The van der Waals surface area contributed by atoms with Crippen LogP contribution in [-0.2, 0) is 24.8 Å². The highest BCUT2D eigenvalue weighted by Gasteiger charge is 2.39. The smallest absolute Gasteiger partial charge is 0.326 e. The number of rotatable bonds is 3. The lowest BCUT2D eigenvalue weighted by Crippen LogP contribution is -2.49. The highest BCUT2D eigenvalue weighted by molar-refractivity contribution is 5.99. The first-order valence-corrected chi connectivity index (χ1v) is 7.59. The van der Waals surface area contributed by atoms with E-state index in [1.165, 1.54) is 14.0 Å². The van der Waals surface area contributed by atoms with Crippen molar-refractivity contribution in [3.8, 4) is 0 Å². The maximum atomic E-state index is 13.0. The third kappa shape index (κ3) is 2.73. The average molecular weight is 344 g/mol. The monoisotopic (exact) mass is 344 g/mol. The Morgan fingerprint density at radius 3 is 2.56 bits per heavy atom. The molecule has 3 rings (SSSR count). The van der Waals surface area contributed by atoms with Gasteiger partial charge >= 0.3 is 11.7 Å². The van der Waals surface area contributed by atoms with E-state index >= 15 is 0 Å². The van der Waals surface area contributed by atoms with Crippen LogP contribution in [0.5, 0.6) is 0 Å². The van der Waals surface area contributed by atoms with Gasteiger partial charge in [-0.3, -0.25) is 19.6 Å². The summed E-state index contributed by atoms with van der Waals surface area (Å²) in [4.78, 5) is 36.5. The van der Waals surface area contributed by atoms with Crippen molar-refractivity contribution >= 4 is 17.6 Å². The Balaban J connectivity index is 2.07. The molecular formula is C16H16N4O5. The SMILES string of the molecule is Cc1nn(C)c(C(=O)N2Cc3ccccc3CC2C(=O)O)c1[N+](=O)[O-]. The Morgan fingerprint density at radius 1 is 1.32 bits per heavy atom. The second-order valence-corrected chi connectivity index (χ2v) is 5.92. The molecule has 1 aliphatic heterocycles. The topological polar surface area (TPSA) is 119 Å². The summed E-state index contributed by atoms with van der Waals surface area (Å²) >= 11 is 0. The molecule has 2 aromatic rings. The summed E-state index contributed by atoms with van der Waals surface area (Å²) in [6.45, 7) is 1.52. The van der Waals surface area contributed by atoms with Crippen molar-refractivity contribution in [2.75, 3.05) is 0 Å². The maximum absolute atomic E-state index is 13.0. The predicted molar refractivity (Wildman–Crippen MR) is 86.0 cm³/mol. The van der Waals surface area contributed by atoms with Gasteiger partial charge in [-0.25, -0.2) is 4.79 Å². The van der Waals surface area contributed by atoms with Gasteiger partial charge in [0.05, 0.1) is 4.92 Å². The lowest BCUT2D eigenvalue weighted by molar-refractivity contribution is -0.385. The molecule has 130 valence electrons. The van der Waals surface area contributed by atoms with Gasteiger partial charge in [0.15, 0.2) is 0 Å². The van der Waals surface area contributed by atoms with Gasteiger partial charge in [-0.15, -0.1) is 0 Å². The first-order chi connectivity index (χ1) is 11.8. The second kappa shape index (κ2) is 6.00. The van der Waals surface area contributed by atoms with E-state index < -0.39 is 28.5 Å². The van der Waals surface area contributed by atoms with Crippen molar-refractivity contribution in [1.29, 1.82) is 0 Å². The molecule has 0 radical (unpaired) electrons. The number of fused-ring (bicyclic) bond motifs is 1. The number of carboxylic acids is 1. The Bertz CT molecular complexity index is 889. The minimum absolute atomic E-state index is 0.0767. The normalized spacial score (nSPS) is 16.4. The maximum Gasteiger partial charge on any atom is 0.326 e. The number of carbonyl (C=O) groups excluding carboxylic acids is 1. The Kier molecular flexibility index (Phi) is 3.99. The molecule has 0 fully saturated rings. The van der Waals surface area contributed by atoms with E-state index in [0.29, 0.717) is 0 Å². The van der Waals surface area contributed by atoms with E-state index in [1.54, 1.807) is 6.07 Å². The van der Waals surface area contributed by atoms with Crippen LogP contribution in [0.1, 0.15) is 27.3 Å². The highest BCUT2D eigenvalue weighted by Crippen LogP contribution is 2.29. The van der Waals surface area contributed by atoms with Gasteiger partial charge in [-0.1, -0.05) is 24.3 Å². The molecule has 2 heterocycles. The van der Waals surface area contributed by atoms with Crippen molar-refractivity contribution in [3.63, 3.8) is 0 Å². The number of benzene rings is 1. The zero-order chi connectivity index (χ0) is 18.3. The summed E-state index contributed by atoms with van der Waals surface area (Å²) in [7, 11) is 1.43. The third-order valence-electron chi connectivity index (χ3n) is 4.37. The minimum atomic E-state index is -1.15. The van der Waals surface area contributed by atoms with E-state index in [1.807, 2.05) is 18.2 Å². The number of hydrogen-bond acceptors (Lipinski definition) is 5. The fraction of sp³-hybridized carbons (Fsp3) is 0.312. The summed E-state index contributed by atoms with van der Waals surface area (Å²) < 4.78 is 1.13. The van der Waals surface area contributed by atoms with E-state index in [0.717, 1.165) is 20.7 Å². The van der Waals surface area contributed by atoms with Crippen molar-refractivity contribution in [2.45, 2.75) is 25.9 Å². The Morgan fingerprint density at radius 2 is 1.96 bits per heavy atom. The standard InChI is InChI=1S/C16H16N4O5/c1-9-13(20(24)25)14(18(2)17-9)15(21)19-8-11-6-4-3-5-10(11)7-12(19)16(22)23/h3-6,12H,7-8H2,1-2H3,(H,22,23). The van der Waals surface area contributed by atoms with E-state index in [2.05, 4.69) is 5.10 Å². The van der Waals surface area contributed by atoms with E-state index in [4.69, 9.17) is 0 Å². The van der Waals surface area contributed by atoms with Crippen LogP contribution >= 0.6 is 0 Å². The number of carbonyl (C=O) groups is 2. The number of aryl methyl sites for hydroxylation is 2. The molecule has 0 bridgehead atoms. The van der Waals surface area contributed by atoms with Crippen LogP contribution in [0.15, 0.2) is 24.3 Å². The zero-order valence-corrected chi connectivity index (χ0v) is 13.7. The van der Waals surface area contributed by atoms with Crippen molar-refractivity contribution in [2.24, 2.45) is 7.05 Å². The van der Waals surface area contributed by atoms with Crippen LogP contribution in [0.4, 0.5) is 5.69 Å². The van der Waals surface area contributed by atoms with Crippen LogP contribution in [0.25, 0.3) is 0 Å². The minimum Gasteiger partial charge on any atom is -0.480 e. The Labute approximate surface area is 142 Å². The first kappa shape index (κ1) is 16.6. The van der Waals surface area contributed by atoms with Gasteiger partial charge in [-0.2, -0.15) is 5.10 Å². The molecule has 0 saturated heterocycles. The van der Waals surface area contributed by atoms with E-state index in [9.17, 15) is 24.8 Å². The molecule has 1 aromatic carbocycles. The molecule has 1 unspecified atom stereocenters. The molecule has 9 nitrogen and oxygen atoms in total. The molecule has 1 amide bonds. The molecule has 1 N–H and O–H groups in total. The van der Waals surface area contributed by atoms with Crippen LogP contribution in [-0.4, -0.2) is 42.6 Å². The zero-order valence-electron chi connectivity index (χ0n) is 13.7. The molecule has 0 aliphatic carbocycles. The molecule has 0 saturated carbocycles. The van der Waals surface area contributed by atoms with Crippen molar-refractivity contribution in [1.82, 2.24) is 14.7 Å². The molecular weight excluding hydrogens is 328 g/mol. The fourth-order valence-electron chi connectivity index (χ4n) is 3.20. The van der Waals surface area contributed by atoms with E-state index in [-0.39, 0.29) is 24.4 Å². The van der Waals surface area contributed by atoms with Gasteiger partial charge in [0.1, 0.15) is 11.7 Å². The van der Waals surface area contributed by atoms with Gasteiger partial charge in [0.2, 0.25) is 5.69 Å². The molecule has 1 aromatic heterocycles. The number of aliphatic carboxylic acids is 1. The van der Waals surface area contributed by atoms with Crippen LogP contribution in [0.3, 0.4) is 0 Å². The second-order valence-electron chi connectivity index (χ2n) is 5.92. The number of amides is 1. The largest absolute Gasteiger partial charge is 0.480 e. The summed E-state index contributed by atoms with van der Waals surface area (Å²) in [6, 6.07) is 6.17. The first-order valence-electron chi connectivity index (χ1n) is 7.59. The van der Waals surface area contributed by atoms with Crippen LogP contribution in [0.2, 0.25) is 0 Å². The number of aromatic nitrogens is 2. The summed E-state index contributed by atoms with van der Waals surface area (Å²) in [6.07, 6.45) is 0.155. The summed E-state index contributed by atoms with van der Waals surface area (Å²) in [5.41, 5.74) is 1.19. The van der Waals surface area contributed by atoms with Crippen LogP contribution in [0, 0.1) is 17.0 Å². The summed E-state index contributed by atoms with van der Waals surface area (Å²) in [5, 5.41) is 24.8. The fourth-order valence-corrected chi connectivity index (χ4v) is 3.20. The molecule has 9 heteroatoms. The number of hydrogen-bond donors (Lipinski definition) is 1. The number of carboxylic acid groups (broad SMARTS) is 1. The van der Waals surface area contributed by atoms with Crippen molar-refractivity contribution < 1.29 is 19.6 Å². The van der Waals surface area contributed by atoms with Gasteiger partial charge < -0.3 is 10.0 Å². The van der Waals surface area contributed by atoms with Gasteiger partial charge in [0.25, 0.3) is 5.91 Å². The summed E-state index contributed by atoms with van der Waals surface area (Å²) in [5.74, 6) is -1.86. The van der Waals surface area contributed by atoms with Crippen molar-refractivity contribution in [3.05, 3.63) is 56.9 Å². The average Bonchev–Trinajstić information content (AvgIpc) is 2.87. The number of nitro groups is 1. The van der Waals surface area contributed by atoms with Gasteiger partial charge in [0, 0.05) is 20.0 Å².